The molecule has 5 nitrogen and oxygen atoms in total. The number of rotatable bonds is 3. The molecule has 0 spiro atoms. The van der Waals surface area contributed by atoms with Crippen LogP contribution in [0.2, 0.25) is 0 Å². The molecule has 3 aromatic rings. The van der Waals surface area contributed by atoms with Gasteiger partial charge >= 0.3 is 0 Å². The Kier molecular flexibility index (Phi) is 3.12. The molecule has 19 heavy (non-hydrogen) atoms. The SMILES string of the molecule is NNC(c1cnc2ccsc2c1)c1cccnc1N. The van der Waals surface area contributed by atoms with E-state index < -0.39 is 0 Å². The molecule has 3 aromatic heterocycles. The van der Waals surface area contributed by atoms with Gasteiger partial charge in [-0.05, 0) is 29.1 Å². The van der Waals surface area contributed by atoms with Gasteiger partial charge in [-0.1, -0.05) is 6.07 Å². The lowest BCUT2D eigenvalue weighted by Gasteiger charge is -2.17. The van der Waals surface area contributed by atoms with Gasteiger partial charge in [0, 0.05) is 18.0 Å². The molecule has 0 bridgehead atoms. The Hall–Kier alpha value is -2.02. The van der Waals surface area contributed by atoms with Gasteiger partial charge in [0.15, 0.2) is 0 Å². The first kappa shape index (κ1) is 12.0. The van der Waals surface area contributed by atoms with E-state index in [9.17, 15) is 0 Å². The van der Waals surface area contributed by atoms with Gasteiger partial charge in [0.25, 0.3) is 0 Å². The molecular formula is C13H13N5S. The summed E-state index contributed by atoms with van der Waals surface area (Å²) in [5, 5.41) is 2.02. The summed E-state index contributed by atoms with van der Waals surface area (Å²) >= 11 is 1.65. The molecule has 3 heterocycles. The van der Waals surface area contributed by atoms with Crippen LogP contribution < -0.4 is 17.0 Å². The quantitative estimate of drug-likeness (QED) is 0.499. The fourth-order valence-electron chi connectivity index (χ4n) is 2.06. The minimum atomic E-state index is -0.215. The molecule has 96 valence electrons. The van der Waals surface area contributed by atoms with Crippen LogP contribution in [0.15, 0.2) is 42.0 Å². The number of fused-ring (bicyclic) bond motifs is 1. The molecule has 1 atom stereocenters. The Bertz CT molecular complexity index is 709. The van der Waals surface area contributed by atoms with Crippen molar-refractivity contribution in [3.63, 3.8) is 0 Å². The lowest BCUT2D eigenvalue weighted by atomic mass is 10.0. The number of thiophene rings is 1. The predicted octanol–water partition coefficient (Wildman–Crippen LogP) is 1.83. The maximum absolute atomic E-state index is 5.90. The normalized spacial score (nSPS) is 12.7. The number of anilines is 1. The van der Waals surface area contributed by atoms with Crippen molar-refractivity contribution >= 4 is 27.4 Å². The Morgan fingerprint density at radius 3 is 2.95 bits per heavy atom. The lowest BCUT2D eigenvalue weighted by Crippen LogP contribution is -2.29. The first-order chi connectivity index (χ1) is 9.29. The van der Waals surface area contributed by atoms with E-state index in [0.29, 0.717) is 5.82 Å². The smallest absolute Gasteiger partial charge is 0.128 e. The highest BCUT2D eigenvalue weighted by molar-refractivity contribution is 7.17. The fourth-order valence-corrected chi connectivity index (χ4v) is 2.85. The van der Waals surface area contributed by atoms with E-state index in [2.05, 4.69) is 21.5 Å². The standard InChI is InChI=1S/C13H13N5S/c14-13-9(2-1-4-16-13)12(18-15)8-6-11-10(17-7-8)3-5-19-11/h1-7,12,18H,15H2,(H2,14,16). The second-order valence-electron chi connectivity index (χ2n) is 4.15. The van der Waals surface area contributed by atoms with E-state index in [1.165, 1.54) is 0 Å². The summed E-state index contributed by atoms with van der Waals surface area (Å²) in [4.78, 5) is 8.51. The summed E-state index contributed by atoms with van der Waals surface area (Å²) in [6.07, 6.45) is 3.47. The van der Waals surface area contributed by atoms with Crippen LogP contribution in [0, 0.1) is 0 Å². The van der Waals surface area contributed by atoms with Crippen LogP contribution in [0.1, 0.15) is 17.2 Å². The molecule has 0 amide bonds. The summed E-state index contributed by atoms with van der Waals surface area (Å²) < 4.78 is 1.13. The van der Waals surface area contributed by atoms with Crippen molar-refractivity contribution in [2.45, 2.75) is 6.04 Å². The number of aromatic nitrogens is 2. The molecule has 3 rings (SSSR count). The van der Waals surface area contributed by atoms with Gasteiger partial charge in [-0.2, -0.15) is 0 Å². The van der Waals surface area contributed by atoms with Crippen LogP contribution in [-0.2, 0) is 0 Å². The average Bonchev–Trinajstić information content (AvgIpc) is 2.89. The second kappa shape index (κ2) is 4.93. The topological polar surface area (TPSA) is 89.8 Å². The minimum Gasteiger partial charge on any atom is -0.383 e. The first-order valence-corrected chi connectivity index (χ1v) is 6.67. The lowest BCUT2D eigenvalue weighted by molar-refractivity contribution is 0.635. The van der Waals surface area contributed by atoms with Crippen LogP contribution in [0.3, 0.4) is 0 Å². The van der Waals surface area contributed by atoms with Gasteiger partial charge < -0.3 is 5.73 Å². The molecular weight excluding hydrogens is 258 g/mol. The van der Waals surface area contributed by atoms with Crippen LogP contribution in [0.25, 0.3) is 10.2 Å². The van der Waals surface area contributed by atoms with E-state index in [4.69, 9.17) is 11.6 Å². The van der Waals surface area contributed by atoms with Gasteiger partial charge in [-0.25, -0.2) is 10.4 Å². The fraction of sp³-hybridized carbons (Fsp3) is 0.0769. The van der Waals surface area contributed by atoms with Crippen molar-refractivity contribution in [2.75, 3.05) is 5.73 Å². The van der Waals surface area contributed by atoms with Crippen molar-refractivity contribution in [3.8, 4) is 0 Å². The van der Waals surface area contributed by atoms with E-state index in [-0.39, 0.29) is 6.04 Å². The highest BCUT2D eigenvalue weighted by atomic mass is 32.1. The number of nitrogens with zero attached hydrogens (tertiary/aromatic N) is 2. The van der Waals surface area contributed by atoms with Gasteiger partial charge in [0.2, 0.25) is 0 Å². The van der Waals surface area contributed by atoms with Crippen molar-refractivity contribution in [3.05, 3.63) is 53.2 Å². The maximum Gasteiger partial charge on any atom is 0.128 e. The monoisotopic (exact) mass is 271 g/mol. The average molecular weight is 271 g/mol. The number of nitrogens with two attached hydrogens (primary N) is 2. The number of pyridine rings is 2. The highest BCUT2D eigenvalue weighted by Crippen LogP contribution is 2.28. The zero-order valence-corrected chi connectivity index (χ0v) is 10.9. The number of nitrogen functional groups attached to an aromatic ring is 1. The summed E-state index contributed by atoms with van der Waals surface area (Å²) in [6.45, 7) is 0. The van der Waals surface area contributed by atoms with E-state index >= 15 is 0 Å². The van der Waals surface area contributed by atoms with Crippen LogP contribution in [0.5, 0.6) is 0 Å². The molecule has 0 aromatic carbocycles. The van der Waals surface area contributed by atoms with E-state index in [1.807, 2.05) is 29.8 Å². The zero-order chi connectivity index (χ0) is 13.2. The summed E-state index contributed by atoms with van der Waals surface area (Å²) in [7, 11) is 0. The molecule has 6 heteroatoms. The number of hydrogen-bond donors (Lipinski definition) is 3. The molecule has 0 saturated heterocycles. The zero-order valence-electron chi connectivity index (χ0n) is 10.1. The van der Waals surface area contributed by atoms with Crippen LogP contribution in [-0.4, -0.2) is 9.97 Å². The third-order valence-electron chi connectivity index (χ3n) is 3.01. The molecule has 0 radical (unpaired) electrons. The highest BCUT2D eigenvalue weighted by Gasteiger charge is 2.16. The summed E-state index contributed by atoms with van der Waals surface area (Å²) in [5.74, 6) is 6.14. The molecule has 0 aliphatic carbocycles. The Labute approximate surface area is 114 Å². The second-order valence-corrected chi connectivity index (χ2v) is 5.10. The number of nitrogens with one attached hydrogen (secondary N) is 1. The molecule has 5 N–H and O–H groups in total. The summed E-state index contributed by atoms with van der Waals surface area (Å²) in [6, 6.07) is 7.60. The molecule has 0 saturated carbocycles. The molecule has 0 aliphatic heterocycles. The van der Waals surface area contributed by atoms with E-state index in [1.54, 1.807) is 17.5 Å². The largest absolute Gasteiger partial charge is 0.383 e. The van der Waals surface area contributed by atoms with Gasteiger partial charge in [-0.15, -0.1) is 11.3 Å². The van der Waals surface area contributed by atoms with Crippen molar-refractivity contribution in [2.24, 2.45) is 5.84 Å². The Morgan fingerprint density at radius 2 is 2.16 bits per heavy atom. The van der Waals surface area contributed by atoms with Crippen LogP contribution in [0.4, 0.5) is 5.82 Å². The van der Waals surface area contributed by atoms with Crippen molar-refractivity contribution in [1.82, 2.24) is 15.4 Å². The van der Waals surface area contributed by atoms with Gasteiger partial charge in [0.1, 0.15) is 5.82 Å². The number of hydrazine groups is 1. The third-order valence-corrected chi connectivity index (χ3v) is 3.86. The Morgan fingerprint density at radius 1 is 1.26 bits per heavy atom. The van der Waals surface area contributed by atoms with Crippen molar-refractivity contribution in [1.29, 1.82) is 0 Å². The molecule has 1 unspecified atom stereocenters. The van der Waals surface area contributed by atoms with Crippen molar-refractivity contribution < 1.29 is 0 Å². The first-order valence-electron chi connectivity index (χ1n) is 5.79. The molecule has 0 aliphatic rings. The minimum absolute atomic E-state index is 0.215. The van der Waals surface area contributed by atoms with Crippen LogP contribution >= 0.6 is 11.3 Å². The number of hydrogen-bond acceptors (Lipinski definition) is 6. The predicted molar refractivity (Wildman–Crippen MR) is 77.4 cm³/mol. The third kappa shape index (κ3) is 2.17. The summed E-state index contributed by atoms with van der Waals surface area (Å²) in [5.41, 5.74) is 11.5. The maximum atomic E-state index is 5.90. The van der Waals surface area contributed by atoms with E-state index in [0.717, 1.165) is 21.3 Å². The molecule has 0 fully saturated rings. The van der Waals surface area contributed by atoms with Gasteiger partial charge in [-0.3, -0.25) is 10.8 Å². The Balaban J connectivity index is 2.09. The van der Waals surface area contributed by atoms with Gasteiger partial charge in [0.05, 0.1) is 16.3 Å².